The van der Waals surface area contributed by atoms with Crippen LogP contribution in [0.2, 0.25) is 5.02 Å². The number of hydrogen-bond donors (Lipinski definition) is 1. The number of rotatable bonds is 5. The Bertz CT molecular complexity index is 798. The maximum Gasteiger partial charge on any atom is 0.416 e. The van der Waals surface area contributed by atoms with Crippen molar-refractivity contribution in [2.45, 2.75) is 13.1 Å². The molecule has 1 N–H and O–H groups in total. The van der Waals surface area contributed by atoms with Gasteiger partial charge in [0.05, 0.1) is 21.8 Å². The van der Waals surface area contributed by atoms with Gasteiger partial charge >= 0.3 is 6.18 Å². The van der Waals surface area contributed by atoms with Gasteiger partial charge in [-0.2, -0.15) is 13.2 Å². The van der Waals surface area contributed by atoms with E-state index in [4.69, 9.17) is 11.6 Å². The lowest BCUT2D eigenvalue weighted by molar-refractivity contribution is -0.137. The third-order valence-corrected chi connectivity index (χ3v) is 3.81. The highest BCUT2D eigenvalue weighted by molar-refractivity contribution is 6.33. The highest BCUT2D eigenvalue weighted by Gasteiger charge is 2.32. The zero-order chi connectivity index (χ0) is 19.3. The molecule has 2 aromatic rings. The molecule has 0 aliphatic rings. The quantitative estimate of drug-likeness (QED) is 0.856. The van der Waals surface area contributed by atoms with Crippen molar-refractivity contribution < 1.29 is 22.8 Å². The van der Waals surface area contributed by atoms with E-state index in [1.807, 2.05) is 0 Å². The van der Waals surface area contributed by atoms with Gasteiger partial charge in [0.25, 0.3) is 5.91 Å². The molecule has 0 radical (unpaired) electrons. The predicted octanol–water partition coefficient (Wildman–Crippen LogP) is 3.54. The number of carbonyl (C=O) groups excluding carboxylic acids is 2. The van der Waals surface area contributed by atoms with Crippen molar-refractivity contribution in [3.63, 3.8) is 0 Å². The van der Waals surface area contributed by atoms with Crippen molar-refractivity contribution in [2.75, 3.05) is 18.0 Å². The molecule has 0 aliphatic heterocycles. The van der Waals surface area contributed by atoms with E-state index < -0.39 is 23.6 Å². The van der Waals surface area contributed by atoms with E-state index in [-0.39, 0.29) is 23.8 Å². The Hall–Kier alpha value is -2.61. The van der Waals surface area contributed by atoms with E-state index in [1.54, 1.807) is 12.1 Å². The molecule has 1 aromatic carbocycles. The molecular weight excluding hydrogens is 371 g/mol. The Morgan fingerprint density at radius 1 is 1.27 bits per heavy atom. The van der Waals surface area contributed by atoms with E-state index in [2.05, 4.69) is 10.3 Å². The summed E-state index contributed by atoms with van der Waals surface area (Å²) >= 11 is 5.97. The van der Waals surface area contributed by atoms with Gasteiger partial charge in [-0.05, 0) is 30.3 Å². The monoisotopic (exact) mass is 385 g/mol. The second kappa shape index (κ2) is 8.18. The van der Waals surface area contributed by atoms with Gasteiger partial charge in [0.1, 0.15) is 0 Å². The van der Waals surface area contributed by atoms with Gasteiger partial charge < -0.3 is 10.2 Å². The van der Waals surface area contributed by atoms with Gasteiger partial charge in [-0.3, -0.25) is 14.6 Å². The number of benzene rings is 1. The summed E-state index contributed by atoms with van der Waals surface area (Å²) in [6.07, 6.45) is -1.66. The molecule has 0 saturated carbocycles. The number of alkyl halides is 3. The molecule has 9 heteroatoms. The van der Waals surface area contributed by atoms with Crippen molar-refractivity contribution in [3.05, 3.63) is 58.9 Å². The molecule has 0 atom stereocenters. The fourth-order valence-corrected chi connectivity index (χ4v) is 2.44. The summed E-state index contributed by atoms with van der Waals surface area (Å²) < 4.78 is 38.7. The maximum absolute atomic E-state index is 12.9. The zero-order valence-corrected chi connectivity index (χ0v) is 14.4. The number of carbonyl (C=O) groups is 2. The Kier molecular flexibility index (Phi) is 6.20. The minimum atomic E-state index is -4.56. The maximum atomic E-state index is 12.9. The smallest absolute Gasteiger partial charge is 0.350 e. The van der Waals surface area contributed by atoms with Gasteiger partial charge in [-0.25, -0.2) is 0 Å². The normalized spacial score (nSPS) is 11.1. The van der Waals surface area contributed by atoms with Crippen molar-refractivity contribution in [1.29, 1.82) is 0 Å². The molecular formula is C17H15ClF3N3O2. The average molecular weight is 386 g/mol. The fraction of sp³-hybridized carbons (Fsp3) is 0.235. The van der Waals surface area contributed by atoms with E-state index >= 15 is 0 Å². The first-order valence-corrected chi connectivity index (χ1v) is 7.91. The van der Waals surface area contributed by atoms with Gasteiger partial charge in [0.15, 0.2) is 0 Å². The zero-order valence-electron chi connectivity index (χ0n) is 13.7. The van der Waals surface area contributed by atoms with Crippen LogP contribution in [-0.2, 0) is 11.0 Å². The Morgan fingerprint density at radius 3 is 2.58 bits per heavy atom. The highest BCUT2D eigenvalue weighted by atomic mass is 35.5. The Labute approximate surface area is 152 Å². The first-order chi connectivity index (χ1) is 12.2. The first kappa shape index (κ1) is 19.7. The van der Waals surface area contributed by atoms with Crippen LogP contribution in [0.4, 0.5) is 18.9 Å². The van der Waals surface area contributed by atoms with Gasteiger partial charge in [0, 0.05) is 32.4 Å². The van der Waals surface area contributed by atoms with E-state index in [0.717, 1.165) is 23.1 Å². The summed E-state index contributed by atoms with van der Waals surface area (Å²) in [5, 5.41) is 2.59. The fourth-order valence-electron chi connectivity index (χ4n) is 2.22. The third kappa shape index (κ3) is 4.95. The molecule has 1 heterocycles. The molecule has 2 amide bonds. The summed E-state index contributed by atoms with van der Waals surface area (Å²) in [5.41, 5.74) is -0.647. The highest BCUT2D eigenvalue weighted by Crippen LogP contribution is 2.35. The second-order valence-electron chi connectivity index (χ2n) is 5.33. The van der Waals surface area contributed by atoms with Crippen LogP contribution in [0.1, 0.15) is 22.8 Å². The standard InChI is InChI=1S/C17H15ClF3N3O2/c1-11(25)24(8-7-23-16(26)12-3-2-6-22-10-12)15-9-13(17(19,20)21)4-5-14(15)18/h2-6,9-10H,7-8H2,1H3,(H,23,26). The SMILES string of the molecule is CC(=O)N(CCNC(=O)c1cccnc1)c1cc(C(F)(F)F)ccc1Cl. The molecule has 0 aliphatic carbocycles. The van der Waals surface area contributed by atoms with E-state index in [1.165, 1.54) is 19.3 Å². The van der Waals surface area contributed by atoms with Crippen LogP contribution in [0.25, 0.3) is 0 Å². The summed E-state index contributed by atoms with van der Waals surface area (Å²) in [6.45, 7) is 1.20. The van der Waals surface area contributed by atoms with Crippen LogP contribution < -0.4 is 10.2 Å². The summed E-state index contributed by atoms with van der Waals surface area (Å²) in [5.74, 6) is -0.904. The van der Waals surface area contributed by atoms with Gasteiger partial charge in [-0.15, -0.1) is 0 Å². The van der Waals surface area contributed by atoms with Gasteiger partial charge in [0.2, 0.25) is 5.91 Å². The number of nitrogens with one attached hydrogen (secondary N) is 1. The lowest BCUT2D eigenvalue weighted by atomic mass is 10.1. The van der Waals surface area contributed by atoms with Crippen LogP contribution in [0, 0.1) is 0 Å². The number of pyridine rings is 1. The topological polar surface area (TPSA) is 62.3 Å². The molecule has 0 fully saturated rings. The third-order valence-electron chi connectivity index (χ3n) is 3.49. The van der Waals surface area contributed by atoms with E-state index in [9.17, 15) is 22.8 Å². The Balaban J connectivity index is 2.12. The van der Waals surface area contributed by atoms with Crippen molar-refractivity contribution in [3.8, 4) is 0 Å². The molecule has 138 valence electrons. The Morgan fingerprint density at radius 2 is 2.00 bits per heavy atom. The number of aromatic nitrogens is 1. The predicted molar refractivity (Wildman–Crippen MR) is 91.1 cm³/mol. The van der Waals surface area contributed by atoms with Crippen molar-refractivity contribution in [1.82, 2.24) is 10.3 Å². The molecule has 26 heavy (non-hydrogen) atoms. The van der Waals surface area contributed by atoms with Gasteiger partial charge in [-0.1, -0.05) is 11.6 Å². The molecule has 2 rings (SSSR count). The van der Waals surface area contributed by atoms with Crippen LogP contribution in [0.15, 0.2) is 42.7 Å². The average Bonchev–Trinajstić information content (AvgIpc) is 2.59. The molecule has 0 spiro atoms. The minimum Gasteiger partial charge on any atom is -0.350 e. The number of amides is 2. The summed E-state index contributed by atoms with van der Waals surface area (Å²) in [4.78, 5) is 28.7. The minimum absolute atomic E-state index is 0.00628. The largest absolute Gasteiger partial charge is 0.416 e. The molecule has 1 aromatic heterocycles. The molecule has 0 bridgehead atoms. The lowest BCUT2D eigenvalue weighted by Crippen LogP contribution is -2.37. The van der Waals surface area contributed by atoms with E-state index in [0.29, 0.717) is 5.56 Å². The molecule has 0 unspecified atom stereocenters. The van der Waals surface area contributed by atoms with Crippen LogP contribution in [0.5, 0.6) is 0 Å². The van der Waals surface area contributed by atoms with Crippen LogP contribution in [-0.4, -0.2) is 29.9 Å². The molecule has 0 saturated heterocycles. The number of halogens is 4. The van der Waals surface area contributed by atoms with Crippen molar-refractivity contribution in [2.24, 2.45) is 0 Å². The number of nitrogens with zero attached hydrogens (tertiary/aromatic N) is 2. The summed E-state index contributed by atoms with van der Waals surface area (Å²) in [7, 11) is 0. The van der Waals surface area contributed by atoms with Crippen molar-refractivity contribution >= 4 is 29.1 Å². The number of hydrogen-bond acceptors (Lipinski definition) is 3. The molecule has 5 nitrogen and oxygen atoms in total. The van der Waals surface area contributed by atoms with Crippen LogP contribution in [0.3, 0.4) is 0 Å². The summed E-state index contributed by atoms with van der Waals surface area (Å²) in [6, 6.07) is 5.90. The lowest BCUT2D eigenvalue weighted by Gasteiger charge is -2.23. The van der Waals surface area contributed by atoms with Crippen LogP contribution >= 0.6 is 11.6 Å². The first-order valence-electron chi connectivity index (χ1n) is 7.53. The number of anilines is 1. The second-order valence-corrected chi connectivity index (χ2v) is 5.74.